The summed E-state index contributed by atoms with van der Waals surface area (Å²) in [6.45, 7) is 5.82. The van der Waals surface area contributed by atoms with Crippen molar-refractivity contribution >= 4 is 11.1 Å². The molecular formula is C21H20N4O5. The summed E-state index contributed by atoms with van der Waals surface area (Å²) in [5, 5.41) is 3.99. The van der Waals surface area contributed by atoms with Crippen LogP contribution in [-0.4, -0.2) is 26.8 Å². The molecule has 0 saturated heterocycles. The topological polar surface area (TPSA) is 113 Å². The zero-order valence-electron chi connectivity index (χ0n) is 16.9. The Hall–Kier alpha value is -3.75. The number of methoxy groups -OCH3 is 1. The summed E-state index contributed by atoms with van der Waals surface area (Å²) in [7, 11) is 1.41. The molecule has 0 radical (unpaired) electrons. The molecule has 1 atom stereocenters. The second kappa shape index (κ2) is 7.58. The Morgan fingerprint density at radius 1 is 1.07 bits per heavy atom. The van der Waals surface area contributed by atoms with Crippen LogP contribution in [0.3, 0.4) is 0 Å². The Balaban J connectivity index is 1.74. The van der Waals surface area contributed by atoms with Gasteiger partial charge in [0.25, 0.3) is 5.56 Å². The lowest BCUT2D eigenvalue weighted by Crippen LogP contribution is -2.35. The Bertz CT molecular complexity index is 1320. The number of benzene rings is 1. The molecule has 4 rings (SSSR count). The minimum atomic E-state index is -0.868. The number of aromatic nitrogens is 4. The van der Waals surface area contributed by atoms with Crippen LogP contribution in [0.2, 0.25) is 0 Å². The first-order chi connectivity index (χ1) is 14.4. The van der Waals surface area contributed by atoms with E-state index < -0.39 is 17.4 Å². The van der Waals surface area contributed by atoms with Gasteiger partial charge in [-0.1, -0.05) is 43.3 Å². The van der Waals surface area contributed by atoms with Crippen LogP contribution in [-0.2, 0) is 0 Å². The van der Waals surface area contributed by atoms with E-state index in [-0.39, 0.29) is 22.7 Å². The monoisotopic (exact) mass is 408 g/mol. The predicted octanol–water partition coefficient (Wildman–Crippen LogP) is 3.14. The Morgan fingerprint density at radius 2 is 1.80 bits per heavy atom. The molecule has 0 unspecified atom stereocenters. The van der Waals surface area contributed by atoms with Crippen LogP contribution in [0.1, 0.15) is 44.2 Å². The number of hydrogen-bond donors (Lipinski definition) is 0. The third-order valence-corrected chi connectivity index (χ3v) is 4.92. The summed E-state index contributed by atoms with van der Waals surface area (Å²) in [6, 6.07) is 8.47. The molecule has 0 aliphatic rings. The fourth-order valence-electron chi connectivity index (χ4n) is 3.16. The van der Waals surface area contributed by atoms with Gasteiger partial charge in [-0.15, -0.1) is 0 Å². The Morgan fingerprint density at radius 3 is 2.47 bits per heavy atom. The zero-order chi connectivity index (χ0) is 21.4. The van der Waals surface area contributed by atoms with Gasteiger partial charge in [-0.05, 0) is 18.4 Å². The van der Waals surface area contributed by atoms with Gasteiger partial charge in [-0.25, -0.2) is 14.3 Å². The number of hydrogen-bond acceptors (Lipinski definition) is 8. The van der Waals surface area contributed by atoms with Gasteiger partial charge in [0.05, 0.1) is 7.11 Å². The fourth-order valence-corrected chi connectivity index (χ4v) is 3.16. The average molecular weight is 408 g/mol. The molecule has 0 bridgehead atoms. The van der Waals surface area contributed by atoms with E-state index in [9.17, 15) is 9.59 Å². The molecule has 9 nitrogen and oxygen atoms in total. The minimum absolute atomic E-state index is 0.00471. The first-order valence-electron chi connectivity index (χ1n) is 9.43. The highest BCUT2D eigenvalue weighted by atomic mass is 16.5. The molecule has 30 heavy (non-hydrogen) atoms. The van der Waals surface area contributed by atoms with E-state index in [1.165, 1.54) is 24.9 Å². The molecule has 9 heteroatoms. The summed E-state index contributed by atoms with van der Waals surface area (Å²) in [5.41, 5.74) is 1.30. The first kappa shape index (κ1) is 19.6. The fraction of sp³-hybridized carbons (Fsp3) is 0.286. The van der Waals surface area contributed by atoms with Gasteiger partial charge in [0.1, 0.15) is 6.04 Å². The van der Waals surface area contributed by atoms with Crippen molar-refractivity contribution in [2.45, 2.75) is 32.7 Å². The highest BCUT2D eigenvalue weighted by Gasteiger charge is 2.24. The van der Waals surface area contributed by atoms with E-state index in [1.807, 2.05) is 24.3 Å². The van der Waals surface area contributed by atoms with E-state index in [0.717, 1.165) is 10.1 Å². The van der Waals surface area contributed by atoms with Crippen molar-refractivity contribution in [2.24, 2.45) is 0 Å². The van der Waals surface area contributed by atoms with Gasteiger partial charge >= 0.3 is 5.76 Å². The minimum Gasteiger partial charge on any atom is -0.493 e. The number of rotatable bonds is 5. The molecular weight excluding hydrogens is 388 g/mol. The second-order valence-electron chi connectivity index (χ2n) is 7.14. The second-order valence-corrected chi connectivity index (χ2v) is 7.14. The number of nitrogens with zero attached hydrogens (tertiary/aromatic N) is 4. The van der Waals surface area contributed by atoms with E-state index in [2.05, 4.69) is 29.0 Å². The van der Waals surface area contributed by atoms with Gasteiger partial charge in [-0.3, -0.25) is 4.79 Å². The molecule has 3 heterocycles. The van der Waals surface area contributed by atoms with Crippen LogP contribution in [0, 0.1) is 0 Å². The summed E-state index contributed by atoms with van der Waals surface area (Å²) in [4.78, 5) is 33.8. The maximum Gasteiger partial charge on any atom is 0.423 e. The van der Waals surface area contributed by atoms with E-state index >= 15 is 0 Å². The molecule has 0 amide bonds. The lowest BCUT2D eigenvalue weighted by Gasteiger charge is -2.10. The molecule has 0 aliphatic heterocycles. The standard InChI is InChI=1S/C21H20N4O5/c1-11(2)13-5-7-14(8-6-13)18-23-19(30-24-18)12(3)25-20(26)16-17(29-21(25)27)15(28-4)9-10-22-16/h5-12H,1-4H3/t12-/m0/s1. The molecule has 0 saturated carbocycles. The van der Waals surface area contributed by atoms with Crippen LogP contribution in [0.4, 0.5) is 0 Å². The van der Waals surface area contributed by atoms with Gasteiger partial charge in [-0.2, -0.15) is 4.98 Å². The SMILES string of the molecule is COc1ccnc2c(=O)n([C@@H](C)c3nc(-c4ccc(C(C)C)cc4)no3)c(=O)oc12. The van der Waals surface area contributed by atoms with Crippen molar-refractivity contribution in [3.8, 4) is 17.1 Å². The molecule has 0 N–H and O–H groups in total. The van der Waals surface area contributed by atoms with Crippen LogP contribution in [0.5, 0.6) is 5.75 Å². The van der Waals surface area contributed by atoms with Crippen molar-refractivity contribution in [3.05, 3.63) is 68.9 Å². The van der Waals surface area contributed by atoms with Gasteiger partial charge in [0.2, 0.25) is 17.3 Å². The average Bonchev–Trinajstić information content (AvgIpc) is 3.23. The van der Waals surface area contributed by atoms with Crippen molar-refractivity contribution in [1.29, 1.82) is 0 Å². The number of pyridine rings is 1. The Labute approximate surface area is 170 Å². The smallest absolute Gasteiger partial charge is 0.423 e. The van der Waals surface area contributed by atoms with Crippen molar-refractivity contribution < 1.29 is 13.7 Å². The highest BCUT2D eigenvalue weighted by Crippen LogP contribution is 2.24. The molecule has 0 fully saturated rings. The molecule has 4 aromatic rings. The van der Waals surface area contributed by atoms with Crippen LogP contribution >= 0.6 is 0 Å². The molecule has 1 aromatic carbocycles. The molecule has 0 spiro atoms. The number of fused-ring (bicyclic) bond motifs is 1. The van der Waals surface area contributed by atoms with E-state index in [1.54, 1.807) is 6.92 Å². The molecule has 3 aromatic heterocycles. The zero-order valence-corrected chi connectivity index (χ0v) is 16.9. The van der Waals surface area contributed by atoms with Crippen molar-refractivity contribution in [2.75, 3.05) is 7.11 Å². The lowest BCUT2D eigenvalue weighted by atomic mass is 10.0. The third-order valence-electron chi connectivity index (χ3n) is 4.92. The summed E-state index contributed by atoms with van der Waals surface area (Å²) >= 11 is 0. The number of ether oxygens (including phenoxy) is 1. The normalized spacial score (nSPS) is 12.4. The third kappa shape index (κ3) is 3.28. The van der Waals surface area contributed by atoms with Gasteiger partial charge < -0.3 is 13.7 Å². The summed E-state index contributed by atoms with van der Waals surface area (Å²) < 4.78 is 16.7. The van der Waals surface area contributed by atoms with Gasteiger partial charge in [0, 0.05) is 17.8 Å². The lowest BCUT2D eigenvalue weighted by molar-refractivity contribution is 0.324. The van der Waals surface area contributed by atoms with Crippen LogP contribution in [0.25, 0.3) is 22.5 Å². The maximum absolute atomic E-state index is 12.9. The van der Waals surface area contributed by atoms with Crippen molar-refractivity contribution in [1.82, 2.24) is 19.7 Å². The summed E-state index contributed by atoms with van der Waals surface area (Å²) in [6.07, 6.45) is 1.41. The van der Waals surface area contributed by atoms with Crippen molar-refractivity contribution in [3.63, 3.8) is 0 Å². The van der Waals surface area contributed by atoms with Crippen LogP contribution in [0.15, 0.2) is 55.1 Å². The predicted molar refractivity (Wildman–Crippen MR) is 109 cm³/mol. The first-order valence-corrected chi connectivity index (χ1v) is 9.43. The van der Waals surface area contributed by atoms with E-state index in [0.29, 0.717) is 11.7 Å². The molecule has 0 aliphatic carbocycles. The molecule has 154 valence electrons. The highest BCUT2D eigenvalue weighted by molar-refractivity contribution is 5.77. The summed E-state index contributed by atoms with van der Waals surface area (Å²) in [5.74, 6) is 0.261. The van der Waals surface area contributed by atoms with E-state index in [4.69, 9.17) is 13.7 Å². The quantitative estimate of drug-likeness (QED) is 0.495. The van der Waals surface area contributed by atoms with Gasteiger partial charge in [0.15, 0.2) is 11.3 Å². The van der Waals surface area contributed by atoms with Crippen LogP contribution < -0.4 is 16.1 Å². The Kier molecular flexibility index (Phi) is 4.94. The largest absolute Gasteiger partial charge is 0.493 e. The maximum atomic E-state index is 12.9.